The van der Waals surface area contributed by atoms with E-state index in [1.54, 1.807) is 11.3 Å². The van der Waals surface area contributed by atoms with E-state index in [1.807, 2.05) is 54.4 Å². The Morgan fingerprint density at radius 3 is 2.75 bits per heavy atom. The highest BCUT2D eigenvalue weighted by atomic mass is 35.5. The van der Waals surface area contributed by atoms with Crippen LogP contribution in [0.1, 0.15) is 10.6 Å². The fourth-order valence-corrected chi connectivity index (χ4v) is 3.66. The Hall–Kier alpha value is -1.95. The first-order chi connectivity index (χ1) is 11.6. The molecule has 1 heterocycles. The number of hydrogen-bond donors (Lipinski definition) is 1. The van der Waals surface area contributed by atoms with Crippen LogP contribution in [0.4, 0.5) is 0 Å². The number of benzene rings is 2. The SMILES string of the molecule is CN(CC(=O)NCc1ccccc1Cl)Cc1nc2ccccc2s1. The summed E-state index contributed by atoms with van der Waals surface area (Å²) in [5, 5.41) is 4.58. The molecule has 3 aromatic rings. The van der Waals surface area contributed by atoms with E-state index >= 15 is 0 Å². The summed E-state index contributed by atoms with van der Waals surface area (Å²) < 4.78 is 1.17. The zero-order valence-corrected chi connectivity index (χ0v) is 14.9. The van der Waals surface area contributed by atoms with Gasteiger partial charge in [0.15, 0.2) is 0 Å². The van der Waals surface area contributed by atoms with Gasteiger partial charge in [0.05, 0.1) is 23.3 Å². The van der Waals surface area contributed by atoms with Crippen LogP contribution in [0.2, 0.25) is 5.02 Å². The highest BCUT2D eigenvalue weighted by molar-refractivity contribution is 7.18. The molecular weight excluding hydrogens is 342 g/mol. The second kappa shape index (κ2) is 7.75. The van der Waals surface area contributed by atoms with E-state index < -0.39 is 0 Å². The van der Waals surface area contributed by atoms with Gasteiger partial charge < -0.3 is 5.32 Å². The third kappa shape index (κ3) is 4.32. The van der Waals surface area contributed by atoms with E-state index in [4.69, 9.17) is 11.6 Å². The van der Waals surface area contributed by atoms with Crippen molar-refractivity contribution in [3.05, 3.63) is 64.1 Å². The number of nitrogens with zero attached hydrogens (tertiary/aromatic N) is 2. The predicted octanol–water partition coefficient (Wildman–Crippen LogP) is 3.70. The molecule has 0 aliphatic carbocycles. The minimum Gasteiger partial charge on any atom is -0.351 e. The molecule has 0 radical (unpaired) electrons. The number of aromatic nitrogens is 1. The van der Waals surface area contributed by atoms with E-state index in [0.717, 1.165) is 16.1 Å². The molecule has 1 N–H and O–H groups in total. The van der Waals surface area contributed by atoms with Crippen molar-refractivity contribution in [1.29, 1.82) is 0 Å². The zero-order valence-electron chi connectivity index (χ0n) is 13.3. The molecule has 1 aromatic heterocycles. The van der Waals surface area contributed by atoms with Gasteiger partial charge in [-0.25, -0.2) is 4.98 Å². The van der Waals surface area contributed by atoms with Gasteiger partial charge in [0.25, 0.3) is 0 Å². The van der Waals surface area contributed by atoms with Crippen molar-refractivity contribution in [1.82, 2.24) is 15.2 Å². The molecule has 0 spiro atoms. The lowest BCUT2D eigenvalue weighted by molar-refractivity contribution is -0.122. The average molecular weight is 360 g/mol. The van der Waals surface area contributed by atoms with E-state index in [0.29, 0.717) is 24.7 Å². The summed E-state index contributed by atoms with van der Waals surface area (Å²) in [5.41, 5.74) is 1.93. The monoisotopic (exact) mass is 359 g/mol. The quantitative estimate of drug-likeness (QED) is 0.730. The van der Waals surface area contributed by atoms with Crippen molar-refractivity contribution in [2.75, 3.05) is 13.6 Å². The first-order valence-electron chi connectivity index (χ1n) is 7.65. The second-order valence-corrected chi connectivity index (χ2v) is 7.14. The van der Waals surface area contributed by atoms with Gasteiger partial charge in [-0.15, -0.1) is 11.3 Å². The third-order valence-electron chi connectivity index (χ3n) is 3.59. The number of carbonyl (C=O) groups is 1. The molecular formula is C18H18ClN3OS. The molecule has 124 valence electrons. The standard InChI is InChI=1S/C18H18ClN3OS/c1-22(12-18-21-15-8-4-5-9-16(15)24-18)11-17(23)20-10-13-6-2-3-7-14(13)19/h2-9H,10-12H2,1H3,(H,20,23). The average Bonchev–Trinajstić information content (AvgIpc) is 2.96. The van der Waals surface area contributed by atoms with Gasteiger partial charge in [0.2, 0.25) is 5.91 Å². The maximum absolute atomic E-state index is 12.1. The zero-order chi connectivity index (χ0) is 16.9. The van der Waals surface area contributed by atoms with Gasteiger partial charge in [-0.2, -0.15) is 0 Å². The molecule has 4 nitrogen and oxygen atoms in total. The predicted molar refractivity (Wildman–Crippen MR) is 99.3 cm³/mol. The third-order valence-corrected chi connectivity index (χ3v) is 4.98. The Labute approximate surface area is 150 Å². The number of para-hydroxylation sites is 1. The number of thiazole rings is 1. The van der Waals surface area contributed by atoms with Crippen LogP contribution in [0, 0.1) is 0 Å². The Kier molecular flexibility index (Phi) is 5.45. The van der Waals surface area contributed by atoms with E-state index in [1.165, 1.54) is 4.70 Å². The van der Waals surface area contributed by atoms with E-state index in [2.05, 4.69) is 16.4 Å². The molecule has 0 aliphatic heterocycles. The van der Waals surface area contributed by atoms with Crippen LogP contribution < -0.4 is 5.32 Å². The smallest absolute Gasteiger partial charge is 0.234 e. The van der Waals surface area contributed by atoms with Crippen LogP contribution >= 0.6 is 22.9 Å². The van der Waals surface area contributed by atoms with E-state index in [9.17, 15) is 4.79 Å². The minimum atomic E-state index is -0.0291. The molecule has 24 heavy (non-hydrogen) atoms. The first-order valence-corrected chi connectivity index (χ1v) is 8.84. The van der Waals surface area contributed by atoms with Gasteiger partial charge in [0.1, 0.15) is 5.01 Å². The van der Waals surface area contributed by atoms with Crippen molar-refractivity contribution in [3.8, 4) is 0 Å². The lowest BCUT2D eigenvalue weighted by atomic mass is 10.2. The molecule has 0 fully saturated rings. The number of rotatable bonds is 6. The molecule has 0 bridgehead atoms. The molecule has 3 rings (SSSR count). The fraction of sp³-hybridized carbons (Fsp3) is 0.222. The van der Waals surface area contributed by atoms with Crippen LogP contribution in [0.15, 0.2) is 48.5 Å². The Morgan fingerprint density at radius 2 is 1.96 bits per heavy atom. The number of nitrogens with one attached hydrogen (secondary N) is 1. The topological polar surface area (TPSA) is 45.2 Å². The van der Waals surface area contributed by atoms with Crippen LogP contribution in [0.5, 0.6) is 0 Å². The van der Waals surface area contributed by atoms with Crippen molar-refractivity contribution in [2.45, 2.75) is 13.1 Å². The summed E-state index contributed by atoms with van der Waals surface area (Å²) in [6.07, 6.45) is 0. The van der Waals surface area contributed by atoms with Gasteiger partial charge in [-0.05, 0) is 30.8 Å². The number of likely N-dealkylation sites (N-methyl/N-ethyl adjacent to an activating group) is 1. The summed E-state index contributed by atoms with van der Waals surface area (Å²) in [6.45, 7) is 1.41. The summed E-state index contributed by atoms with van der Waals surface area (Å²) in [5.74, 6) is -0.0291. The lowest BCUT2D eigenvalue weighted by Gasteiger charge is -2.15. The first kappa shape index (κ1) is 16.9. The van der Waals surface area contributed by atoms with Crippen LogP contribution in [0.25, 0.3) is 10.2 Å². The number of hydrogen-bond acceptors (Lipinski definition) is 4. The minimum absolute atomic E-state index is 0.0291. The van der Waals surface area contributed by atoms with Crippen LogP contribution in [0.3, 0.4) is 0 Å². The van der Waals surface area contributed by atoms with E-state index in [-0.39, 0.29) is 5.91 Å². The Morgan fingerprint density at radius 1 is 1.21 bits per heavy atom. The number of amides is 1. The molecule has 0 saturated carbocycles. The van der Waals surface area contributed by atoms with Gasteiger partial charge in [0, 0.05) is 11.6 Å². The normalized spacial score (nSPS) is 11.1. The lowest BCUT2D eigenvalue weighted by Crippen LogP contribution is -2.34. The van der Waals surface area contributed by atoms with Crippen LogP contribution in [-0.4, -0.2) is 29.4 Å². The van der Waals surface area contributed by atoms with Crippen LogP contribution in [-0.2, 0) is 17.9 Å². The van der Waals surface area contributed by atoms with Gasteiger partial charge in [-0.3, -0.25) is 9.69 Å². The number of halogens is 1. The number of fused-ring (bicyclic) bond motifs is 1. The number of carbonyl (C=O) groups excluding carboxylic acids is 1. The molecule has 0 aliphatic rings. The largest absolute Gasteiger partial charge is 0.351 e. The van der Waals surface area contributed by atoms with Gasteiger partial charge >= 0.3 is 0 Å². The van der Waals surface area contributed by atoms with Crippen molar-refractivity contribution < 1.29 is 4.79 Å². The summed E-state index contributed by atoms with van der Waals surface area (Å²) >= 11 is 7.75. The van der Waals surface area contributed by atoms with Crippen molar-refractivity contribution in [3.63, 3.8) is 0 Å². The molecule has 2 aromatic carbocycles. The molecule has 0 saturated heterocycles. The van der Waals surface area contributed by atoms with Crippen molar-refractivity contribution in [2.24, 2.45) is 0 Å². The second-order valence-electron chi connectivity index (χ2n) is 5.62. The maximum atomic E-state index is 12.1. The highest BCUT2D eigenvalue weighted by Gasteiger charge is 2.10. The summed E-state index contributed by atoms with van der Waals surface area (Å²) in [6, 6.07) is 15.6. The summed E-state index contributed by atoms with van der Waals surface area (Å²) in [4.78, 5) is 18.6. The Bertz CT molecular complexity index is 816. The van der Waals surface area contributed by atoms with Gasteiger partial charge in [-0.1, -0.05) is 41.9 Å². The van der Waals surface area contributed by atoms with Crippen molar-refractivity contribution >= 4 is 39.1 Å². The highest BCUT2D eigenvalue weighted by Crippen LogP contribution is 2.22. The fourth-order valence-electron chi connectivity index (χ4n) is 2.41. The molecule has 0 unspecified atom stereocenters. The maximum Gasteiger partial charge on any atom is 0.234 e. The Balaban J connectivity index is 1.51. The molecule has 6 heteroatoms. The molecule has 1 amide bonds. The summed E-state index contributed by atoms with van der Waals surface area (Å²) in [7, 11) is 1.92. The molecule has 0 atom stereocenters.